The van der Waals surface area contributed by atoms with E-state index in [1.807, 2.05) is 0 Å². The van der Waals surface area contributed by atoms with Gasteiger partial charge in [-0.2, -0.15) is 0 Å². The molecule has 17 heavy (non-hydrogen) atoms. The average molecular weight is 299 g/mol. The third kappa shape index (κ3) is 4.54. The molecular weight excluding hydrogens is 288 g/mol. The molecule has 1 atom stereocenters. The number of sulfonamides is 1. The maximum absolute atomic E-state index is 11.7. The van der Waals surface area contributed by atoms with Crippen molar-refractivity contribution in [3.63, 3.8) is 0 Å². The first-order valence-electron chi connectivity index (χ1n) is 4.56. The summed E-state index contributed by atoms with van der Waals surface area (Å²) in [6.45, 7) is 3.05. The molecule has 1 aromatic heterocycles. The Labute approximate surface area is 108 Å². The summed E-state index contributed by atoms with van der Waals surface area (Å²) in [4.78, 5) is 10.7. The molecule has 1 amide bonds. The van der Waals surface area contributed by atoms with Crippen molar-refractivity contribution in [1.29, 1.82) is 0 Å². The van der Waals surface area contributed by atoms with Crippen molar-refractivity contribution in [1.82, 2.24) is 14.9 Å². The number of hydrogen-bond donors (Lipinski definition) is 2. The van der Waals surface area contributed by atoms with Crippen LogP contribution < -0.4 is 10.0 Å². The highest BCUT2D eigenvalue weighted by Gasteiger charge is 2.20. The van der Waals surface area contributed by atoms with Gasteiger partial charge in [0, 0.05) is 18.8 Å². The Balaban J connectivity index is 2.78. The highest BCUT2D eigenvalue weighted by atomic mass is 35.5. The van der Waals surface area contributed by atoms with Gasteiger partial charge in [-0.3, -0.25) is 4.79 Å². The largest absolute Gasteiger partial charge is 0.301 e. The fraction of sp³-hybridized carbons (Fsp3) is 0.571. The summed E-state index contributed by atoms with van der Waals surface area (Å²) in [5.74, 6) is -0.340. The van der Waals surface area contributed by atoms with E-state index in [9.17, 15) is 13.2 Å². The van der Waals surface area contributed by atoms with Gasteiger partial charge in [0.1, 0.15) is 0 Å². The highest BCUT2D eigenvalue weighted by Crippen LogP contribution is 2.19. The average Bonchev–Trinajstić information content (AvgIpc) is 2.63. The van der Waals surface area contributed by atoms with E-state index in [0.29, 0.717) is 0 Å². The predicted octanol–water partition coefficient (Wildman–Crippen LogP) is 0.402. The summed E-state index contributed by atoms with van der Waals surface area (Å²) in [6, 6.07) is 0. The van der Waals surface area contributed by atoms with Gasteiger partial charge < -0.3 is 5.32 Å². The van der Waals surface area contributed by atoms with Gasteiger partial charge in [-0.25, -0.2) is 13.1 Å². The van der Waals surface area contributed by atoms with E-state index in [-0.39, 0.29) is 27.3 Å². The molecule has 0 radical (unpaired) electrons. The lowest BCUT2D eigenvalue weighted by molar-refractivity contribution is -0.114. The summed E-state index contributed by atoms with van der Waals surface area (Å²) >= 11 is 6.40. The monoisotopic (exact) mass is 298 g/mol. The van der Waals surface area contributed by atoms with E-state index in [2.05, 4.69) is 20.2 Å². The van der Waals surface area contributed by atoms with E-state index in [4.69, 9.17) is 11.6 Å². The van der Waals surface area contributed by atoms with Crippen LogP contribution in [0.15, 0.2) is 4.34 Å². The molecule has 0 saturated carbocycles. The first-order valence-corrected chi connectivity index (χ1v) is 7.29. The van der Waals surface area contributed by atoms with E-state index < -0.39 is 10.0 Å². The van der Waals surface area contributed by atoms with Crippen molar-refractivity contribution in [2.75, 3.05) is 11.9 Å². The predicted molar refractivity (Wildman–Crippen MR) is 64.7 cm³/mol. The van der Waals surface area contributed by atoms with Gasteiger partial charge >= 0.3 is 0 Å². The molecule has 0 aromatic carbocycles. The van der Waals surface area contributed by atoms with Crippen molar-refractivity contribution < 1.29 is 13.2 Å². The molecule has 0 spiro atoms. The van der Waals surface area contributed by atoms with Crippen LogP contribution in [0.3, 0.4) is 0 Å². The molecule has 1 unspecified atom stereocenters. The number of halogens is 1. The molecule has 0 aliphatic rings. The zero-order valence-corrected chi connectivity index (χ0v) is 11.5. The van der Waals surface area contributed by atoms with E-state index in [1.54, 1.807) is 6.92 Å². The van der Waals surface area contributed by atoms with Gasteiger partial charge in [0.05, 0.1) is 0 Å². The molecule has 0 saturated heterocycles. The second kappa shape index (κ2) is 5.71. The Bertz CT molecular complexity index is 499. The van der Waals surface area contributed by atoms with Gasteiger partial charge in [-0.05, 0) is 6.92 Å². The minimum atomic E-state index is -3.71. The smallest absolute Gasteiger partial charge is 0.269 e. The maximum atomic E-state index is 11.7. The third-order valence-electron chi connectivity index (χ3n) is 1.47. The Morgan fingerprint density at radius 2 is 2.18 bits per heavy atom. The molecule has 0 bridgehead atoms. The summed E-state index contributed by atoms with van der Waals surface area (Å²) in [5.41, 5.74) is 0. The number of hydrogen-bond acceptors (Lipinski definition) is 6. The fourth-order valence-corrected chi connectivity index (χ4v) is 3.09. The van der Waals surface area contributed by atoms with Crippen LogP contribution in [0, 0.1) is 0 Å². The number of carbonyl (C=O) groups excluding carboxylic acids is 1. The van der Waals surface area contributed by atoms with Gasteiger partial charge in [-0.15, -0.1) is 21.8 Å². The number of amides is 1. The lowest BCUT2D eigenvalue weighted by Gasteiger charge is -2.03. The van der Waals surface area contributed by atoms with Gasteiger partial charge in [-0.1, -0.05) is 11.3 Å². The Hall–Kier alpha value is -0.770. The van der Waals surface area contributed by atoms with Crippen LogP contribution in [-0.2, 0) is 14.8 Å². The molecule has 2 N–H and O–H groups in total. The van der Waals surface area contributed by atoms with Crippen LogP contribution >= 0.6 is 22.9 Å². The van der Waals surface area contributed by atoms with Crippen molar-refractivity contribution >= 4 is 44.0 Å². The van der Waals surface area contributed by atoms with Crippen LogP contribution in [0.2, 0.25) is 0 Å². The molecule has 1 rings (SSSR count). The topological polar surface area (TPSA) is 101 Å². The van der Waals surface area contributed by atoms with Gasteiger partial charge in [0.15, 0.2) is 0 Å². The van der Waals surface area contributed by atoms with Crippen LogP contribution in [0.4, 0.5) is 5.13 Å². The normalized spacial score (nSPS) is 13.4. The summed E-state index contributed by atoms with van der Waals surface area (Å²) in [5, 5.41) is 9.17. The van der Waals surface area contributed by atoms with E-state index >= 15 is 0 Å². The SMILES string of the molecule is CC(=O)Nc1nnc(S(=O)(=O)NCC(C)Cl)s1. The lowest BCUT2D eigenvalue weighted by atomic mass is 10.5. The number of carbonyl (C=O) groups is 1. The molecule has 0 aliphatic carbocycles. The Kier molecular flexibility index (Phi) is 4.80. The molecule has 10 heteroatoms. The molecule has 96 valence electrons. The lowest BCUT2D eigenvalue weighted by Crippen LogP contribution is -2.28. The fourth-order valence-electron chi connectivity index (χ4n) is 0.806. The van der Waals surface area contributed by atoms with Crippen LogP contribution in [0.5, 0.6) is 0 Å². The second-order valence-corrected chi connectivity index (χ2v) is 6.85. The summed E-state index contributed by atoms with van der Waals surface area (Å²) in [6.07, 6.45) is 0. The number of rotatable bonds is 5. The van der Waals surface area contributed by atoms with E-state index in [1.165, 1.54) is 6.92 Å². The first kappa shape index (κ1) is 14.3. The molecule has 1 heterocycles. The van der Waals surface area contributed by atoms with Gasteiger partial charge in [0.2, 0.25) is 15.4 Å². The number of nitrogens with zero attached hydrogens (tertiary/aromatic N) is 2. The summed E-state index contributed by atoms with van der Waals surface area (Å²) in [7, 11) is -3.71. The van der Waals surface area contributed by atoms with Crippen molar-refractivity contribution in [3.8, 4) is 0 Å². The number of nitrogens with one attached hydrogen (secondary N) is 2. The Morgan fingerprint density at radius 3 is 2.71 bits per heavy atom. The molecule has 1 aromatic rings. The van der Waals surface area contributed by atoms with Crippen molar-refractivity contribution in [2.24, 2.45) is 0 Å². The minimum Gasteiger partial charge on any atom is -0.301 e. The van der Waals surface area contributed by atoms with Crippen molar-refractivity contribution in [2.45, 2.75) is 23.6 Å². The minimum absolute atomic E-state index is 0.0962. The quantitative estimate of drug-likeness (QED) is 0.605. The van der Waals surface area contributed by atoms with E-state index in [0.717, 1.165) is 11.3 Å². The maximum Gasteiger partial charge on any atom is 0.269 e. The molecule has 0 fully saturated rings. The zero-order valence-electron chi connectivity index (χ0n) is 9.10. The van der Waals surface area contributed by atoms with Crippen molar-refractivity contribution in [3.05, 3.63) is 0 Å². The zero-order chi connectivity index (χ0) is 13.1. The number of aromatic nitrogens is 2. The summed E-state index contributed by atoms with van der Waals surface area (Å²) < 4.78 is 25.4. The first-order chi connectivity index (χ1) is 7.81. The van der Waals surface area contributed by atoms with Crippen LogP contribution in [-0.4, -0.2) is 36.4 Å². The van der Waals surface area contributed by atoms with Crippen LogP contribution in [0.1, 0.15) is 13.8 Å². The standard InChI is InChI=1S/C7H11ClN4O3S2/c1-4(8)3-9-17(14,15)7-12-11-6(16-7)10-5(2)13/h4,9H,3H2,1-2H3,(H,10,11,13). The molecule has 7 nitrogen and oxygen atoms in total. The second-order valence-electron chi connectivity index (χ2n) is 3.19. The third-order valence-corrected chi connectivity index (χ3v) is 4.26. The molecular formula is C7H11ClN4O3S2. The number of alkyl halides is 1. The number of anilines is 1. The Morgan fingerprint density at radius 1 is 1.53 bits per heavy atom. The molecule has 0 aliphatic heterocycles. The van der Waals surface area contributed by atoms with Gasteiger partial charge in [0.25, 0.3) is 10.0 Å². The highest BCUT2D eigenvalue weighted by molar-refractivity contribution is 7.91. The van der Waals surface area contributed by atoms with Crippen LogP contribution in [0.25, 0.3) is 0 Å².